The predicted molar refractivity (Wildman–Crippen MR) is 133 cm³/mol. The van der Waals surface area contributed by atoms with Crippen molar-refractivity contribution in [3.63, 3.8) is 0 Å². The Kier molecular flexibility index (Phi) is 6.32. The molecular formula is C26H31N3O2S. The van der Waals surface area contributed by atoms with Gasteiger partial charge in [-0.2, -0.15) is 0 Å². The van der Waals surface area contributed by atoms with Crippen LogP contribution < -0.4 is 14.5 Å². The Morgan fingerprint density at radius 2 is 1.84 bits per heavy atom. The molecule has 3 heterocycles. The van der Waals surface area contributed by atoms with Crippen molar-refractivity contribution < 1.29 is 9.53 Å². The summed E-state index contributed by atoms with van der Waals surface area (Å²) in [4.78, 5) is 18.8. The maximum atomic E-state index is 11.9. The van der Waals surface area contributed by atoms with Crippen LogP contribution in [0.15, 0.2) is 47.8 Å². The molecule has 0 spiro atoms. The first kappa shape index (κ1) is 21.3. The zero-order valence-electron chi connectivity index (χ0n) is 18.8. The first-order chi connectivity index (χ1) is 15.7. The standard InChI is InChI=1S/C26H31N3O2S/c1-27-24-19-21(9-7-20(24)8-10-26(27)30)31-17-3-2-12-28-13-15-29(16-14-28)23-5-4-6-25-22(23)11-18-32-25/h4-7,9,11,18-19H,2-3,8,10,12-17H2,1H3. The van der Waals surface area contributed by atoms with Crippen LogP contribution in [0.3, 0.4) is 0 Å². The molecule has 1 saturated heterocycles. The fourth-order valence-corrected chi connectivity index (χ4v) is 5.60. The average Bonchev–Trinajstić information content (AvgIpc) is 3.31. The number of fused-ring (bicyclic) bond motifs is 2. The van der Waals surface area contributed by atoms with Gasteiger partial charge in [0.1, 0.15) is 5.75 Å². The van der Waals surface area contributed by atoms with E-state index in [1.165, 1.54) is 21.3 Å². The van der Waals surface area contributed by atoms with Crippen molar-refractivity contribution in [2.75, 3.05) is 56.2 Å². The molecule has 0 saturated carbocycles. The number of benzene rings is 2. The largest absolute Gasteiger partial charge is 0.494 e. The molecular weight excluding hydrogens is 418 g/mol. The van der Waals surface area contributed by atoms with Crippen LogP contribution in [-0.2, 0) is 11.2 Å². The number of carbonyl (C=O) groups excluding carboxylic acids is 1. The van der Waals surface area contributed by atoms with E-state index in [4.69, 9.17) is 4.74 Å². The Bertz CT molecular complexity index is 1090. The van der Waals surface area contributed by atoms with E-state index in [1.54, 1.807) is 4.90 Å². The lowest BCUT2D eigenvalue weighted by Gasteiger charge is -2.36. The number of aryl methyl sites for hydroxylation is 1. The number of piperazine rings is 1. The van der Waals surface area contributed by atoms with Gasteiger partial charge >= 0.3 is 0 Å². The van der Waals surface area contributed by atoms with E-state index in [0.29, 0.717) is 6.42 Å². The Labute approximate surface area is 194 Å². The topological polar surface area (TPSA) is 36.0 Å². The molecule has 1 aromatic heterocycles. The number of amides is 1. The quantitative estimate of drug-likeness (QED) is 0.486. The summed E-state index contributed by atoms with van der Waals surface area (Å²) in [6.45, 7) is 6.26. The van der Waals surface area contributed by atoms with Crippen LogP contribution in [0.4, 0.5) is 11.4 Å². The van der Waals surface area contributed by atoms with Crippen LogP contribution in [0.2, 0.25) is 0 Å². The molecule has 0 unspecified atom stereocenters. The van der Waals surface area contributed by atoms with Gasteiger partial charge in [-0.3, -0.25) is 9.69 Å². The molecule has 0 radical (unpaired) electrons. The summed E-state index contributed by atoms with van der Waals surface area (Å²) in [6, 6.07) is 15.1. The Morgan fingerprint density at radius 3 is 2.72 bits per heavy atom. The van der Waals surface area contributed by atoms with Gasteiger partial charge in [0.25, 0.3) is 0 Å². The van der Waals surface area contributed by atoms with Crippen molar-refractivity contribution in [2.24, 2.45) is 0 Å². The number of anilines is 2. The minimum atomic E-state index is 0.182. The van der Waals surface area contributed by atoms with Crippen molar-refractivity contribution in [1.82, 2.24) is 4.90 Å². The molecule has 32 heavy (non-hydrogen) atoms. The van der Waals surface area contributed by atoms with Gasteiger partial charge in [-0.25, -0.2) is 0 Å². The van der Waals surface area contributed by atoms with E-state index in [0.717, 1.165) is 70.0 Å². The van der Waals surface area contributed by atoms with Crippen LogP contribution in [0.1, 0.15) is 24.8 Å². The molecule has 0 bridgehead atoms. The molecule has 0 aliphatic carbocycles. The van der Waals surface area contributed by atoms with Gasteiger partial charge in [0.15, 0.2) is 0 Å². The van der Waals surface area contributed by atoms with E-state index < -0.39 is 0 Å². The third-order valence-corrected chi connectivity index (χ3v) is 7.61. The van der Waals surface area contributed by atoms with E-state index in [9.17, 15) is 4.79 Å². The van der Waals surface area contributed by atoms with Crippen LogP contribution in [0, 0.1) is 0 Å². The predicted octanol–water partition coefficient (Wildman–Crippen LogP) is 4.79. The third-order valence-electron chi connectivity index (χ3n) is 6.72. The molecule has 2 aromatic carbocycles. The second-order valence-corrected chi connectivity index (χ2v) is 9.68. The number of rotatable bonds is 7. The van der Waals surface area contributed by atoms with Crippen LogP contribution in [0.25, 0.3) is 10.1 Å². The highest BCUT2D eigenvalue weighted by Crippen LogP contribution is 2.32. The van der Waals surface area contributed by atoms with Crippen molar-refractivity contribution in [1.29, 1.82) is 0 Å². The first-order valence-corrected chi connectivity index (χ1v) is 12.5. The first-order valence-electron chi connectivity index (χ1n) is 11.6. The van der Waals surface area contributed by atoms with Gasteiger partial charge in [-0.15, -0.1) is 11.3 Å². The summed E-state index contributed by atoms with van der Waals surface area (Å²) in [5.41, 5.74) is 3.61. The fourth-order valence-electron chi connectivity index (χ4n) is 4.79. The summed E-state index contributed by atoms with van der Waals surface area (Å²) in [5, 5.41) is 3.58. The van der Waals surface area contributed by atoms with Crippen molar-refractivity contribution in [3.05, 3.63) is 53.4 Å². The van der Waals surface area contributed by atoms with Crippen LogP contribution in [-0.4, -0.2) is 57.2 Å². The second kappa shape index (κ2) is 9.51. The maximum absolute atomic E-state index is 11.9. The Morgan fingerprint density at radius 1 is 0.969 bits per heavy atom. The normalized spacial score (nSPS) is 17.1. The van der Waals surface area contributed by atoms with Gasteiger partial charge in [-0.1, -0.05) is 12.1 Å². The number of hydrogen-bond acceptors (Lipinski definition) is 5. The summed E-state index contributed by atoms with van der Waals surface area (Å²) in [6.07, 6.45) is 3.61. The summed E-state index contributed by atoms with van der Waals surface area (Å²) < 4.78 is 7.37. The Hall–Kier alpha value is -2.57. The Balaban J connectivity index is 1.04. The number of nitrogens with zero attached hydrogens (tertiary/aromatic N) is 3. The smallest absolute Gasteiger partial charge is 0.227 e. The van der Waals surface area contributed by atoms with E-state index >= 15 is 0 Å². The minimum absolute atomic E-state index is 0.182. The van der Waals surface area contributed by atoms with Crippen LogP contribution in [0.5, 0.6) is 5.75 Å². The number of ether oxygens (including phenoxy) is 1. The molecule has 3 aromatic rings. The lowest BCUT2D eigenvalue weighted by Crippen LogP contribution is -2.46. The third kappa shape index (κ3) is 4.48. The van der Waals surface area contributed by atoms with Gasteiger partial charge in [-0.05, 0) is 61.0 Å². The molecule has 5 rings (SSSR count). The SMILES string of the molecule is CN1C(=O)CCc2ccc(OCCCCN3CCN(c4cccc5sccc45)CC3)cc21. The van der Waals surface area contributed by atoms with E-state index in [1.807, 2.05) is 30.5 Å². The second-order valence-electron chi connectivity index (χ2n) is 8.74. The molecule has 1 fully saturated rings. The van der Waals surface area contributed by atoms with Crippen molar-refractivity contribution in [3.8, 4) is 5.75 Å². The fraction of sp³-hybridized carbons (Fsp3) is 0.423. The highest BCUT2D eigenvalue weighted by atomic mass is 32.1. The summed E-state index contributed by atoms with van der Waals surface area (Å²) in [7, 11) is 1.85. The number of carbonyl (C=O) groups is 1. The van der Waals surface area contributed by atoms with Gasteiger partial charge in [0, 0.05) is 61.5 Å². The average molecular weight is 450 g/mol. The molecule has 0 atom stereocenters. The van der Waals surface area contributed by atoms with E-state index in [-0.39, 0.29) is 5.91 Å². The monoisotopic (exact) mass is 449 g/mol. The lowest BCUT2D eigenvalue weighted by molar-refractivity contribution is -0.118. The van der Waals surface area contributed by atoms with Gasteiger partial charge in [0.05, 0.1) is 12.3 Å². The molecule has 2 aliphatic rings. The number of hydrogen-bond donors (Lipinski definition) is 0. The van der Waals surface area contributed by atoms with Crippen molar-refractivity contribution in [2.45, 2.75) is 25.7 Å². The molecule has 0 N–H and O–H groups in total. The van der Waals surface area contributed by atoms with Gasteiger partial charge < -0.3 is 14.5 Å². The molecule has 6 heteroatoms. The molecule has 2 aliphatic heterocycles. The zero-order chi connectivity index (χ0) is 21.9. The summed E-state index contributed by atoms with van der Waals surface area (Å²) in [5.74, 6) is 1.04. The highest BCUT2D eigenvalue weighted by molar-refractivity contribution is 7.17. The van der Waals surface area contributed by atoms with Crippen LogP contribution >= 0.6 is 11.3 Å². The maximum Gasteiger partial charge on any atom is 0.227 e. The van der Waals surface area contributed by atoms with Crippen molar-refractivity contribution >= 4 is 38.7 Å². The highest BCUT2D eigenvalue weighted by Gasteiger charge is 2.21. The lowest BCUT2D eigenvalue weighted by atomic mass is 10.0. The molecule has 168 valence electrons. The minimum Gasteiger partial charge on any atom is -0.494 e. The van der Waals surface area contributed by atoms with Gasteiger partial charge in [0.2, 0.25) is 5.91 Å². The number of unbranched alkanes of at least 4 members (excludes halogenated alkanes) is 1. The molecule has 5 nitrogen and oxygen atoms in total. The zero-order valence-corrected chi connectivity index (χ0v) is 19.6. The number of thiophene rings is 1. The molecule has 1 amide bonds. The van der Waals surface area contributed by atoms with E-state index in [2.05, 4.69) is 45.5 Å². The summed E-state index contributed by atoms with van der Waals surface area (Å²) >= 11 is 1.82.